The van der Waals surface area contributed by atoms with Crippen molar-refractivity contribution in [3.63, 3.8) is 0 Å². The Hall–Kier alpha value is -3.35. The highest BCUT2D eigenvalue weighted by Crippen LogP contribution is 2.23. The molecule has 0 N–H and O–H groups in total. The molecule has 29 heavy (non-hydrogen) atoms. The van der Waals surface area contributed by atoms with E-state index in [2.05, 4.69) is 5.16 Å². The Morgan fingerprint density at radius 2 is 1.83 bits per heavy atom. The van der Waals surface area contributed by atoms with E-state index in [9.17, 15) is 9.59 Å². The molecule has 0 aliphatic rings. The summed E-state index contributed by atoms with van der Waals surface area (Å²) in [4.78, 5) is 25.1. The summed E-state index contributed by atoms with van der Waals surface area (Å²) in [6, 6.07) is 9.38. The Kier molecular flexibility index (Phi) is 5.87. The van der Waals surface area contributed by atoms with Crippen molar-refractivity contribution in [1.29, 1.82) is 0 Å². The molecular weight excluding hydrogens is 372 g/mol. The van der Waals surface area contributed by atoms with Crippen LogP contribution >= 0.6 is 0 Å². The SMILES string of the molecule is CCc1noc(C)c1C(=O)OCC(=O)c1cc(C)n(-c2ccc(OC)cc2)c1C. The monoisotopic (exact) mass is 396 g/mol. The summed E-state index contributed by atoms with van der Waals surface area (Å²) in [7, 11) is 1.61. The number of rotatable bonds is 7. The number of carbonyl (C=O) groups is 2. The predicted octanol–water partition coefficient (Wildman–Crippen LogP) is 4.00. The molecule has 0 amide bonds. The van der Waals surface area contributed by atoms with Gasteiger partial charge in [0.05, 0.1) is 12.8 Å². The Morgan fingerprint density at radius 3 is 2.45 bits per heavy atom. The van der Waals surface area contributed by atoms with Gasteiger partial charge in [-0.1, -0.05) is 12.1 Å². The van der Waals surface area contributed by atoms with Crippen molar-refractivity contribution >= 4 is 11.8 Å². The zero-order valence-corrected chi connectivity index (χ0v) is 17.2. The van der Waals surface area contributed by atoms with E-state index in [1.165, 1.54) is 0 Å². The summed E-state index contributed by atoms with van der Waals surface area (Å²) in [5.74, 6) is 0.281. The molecule has 3 aromatic rings. The predicted molar refractivity (Wildman–Crippen MR) is 107 cm³/mol. The lowest BCUT2D eigenvalue weighted by Gasteiger charge is -2.11. The first-order valence-corrected chi connectivity index (χ1v) is 9.36. The number of carbonyl (C=O) groups excluding carboxylic acids is 2. The minimum absolute atomic E-state index is 0.265. The lowest BCUT2D eigenvalue weighted by Crippen LogP contribution is -2.16. The zero-order chi connectivity index (χ0) is 21.1. The molecule has 0 saturated carbocycles. The highest BCUT2D eigenvalue weighted by atomic mass is 16.5. The van der Waals surface area contributed by atoms with Gasteiger partial charge >= 0.3 is 5.97 Å². The first-order chi connectivity index (χ1) is 13.9. The van der Waals surface area contributed by atoms with Crippen LogP contribution in [0.1, 0.15) is 50.5 Å². The van der Waals surface area contributed by atoms with E-state index in [1.54, 1.807) is 20.1 Å². The fourth-order valence-electron chi connectivity index (χ4n) is 3.38. The maximum atomic E-state index is 12.7. The van der Waals surface area contributed by atoms with Crippen LogP contribution in [-0.2, 0) is 11.2 Å². The number of aromatic nitrogens is 2. The number of nitrogens with zero attached hydrogens (tertiary/aromatic N) is 2. The molecule has 0 unspecified atom stereocenters. The molecule has 0 fully saturated rings. The molecule has 7 nitrogen and oxygen atoms in total. The van der Waals surface area contributed by atoms with Crippen LogP contribution in [0.25, 0.3) is 5.69 Å². The second-order valence-electron chi connectivity index (χ2n) is 6.73. The summed E-state index contributed by atoms with van der Waals surface area (Å²) in [6.45, 7) is 6.96. The molecule has 7 heteroatoms. The van der Waals surface area contributed by atoms with Crippen molar-refractivity contribution in [2.45, 2.75) is 34.1 Å². The summed E-state index contributed by atoms with van der Waals surface area (Å²) in [5, 5.41) is 3.84. The molecule has 0 aliphatic heterocycles. The Labute approximate surface area is 169 Å². The number of benzene rings is 1. The van der Waals surface area contributed by atoms with Gasteiger partial charge in [0.15, 0.2) is 6.61 Å². The molecule has 3 rings (SSSR count). The van der Waals surface area contributed by atoms with Gasteiger partial charge < -0.3 is 18.6 Å². The van der Waals surface area contributed by atoms with E-state index in [4.69, 9.17) is 14.0 Å². The van der Waals surface area contributed by atoms with Crippen LogP contribution in [0.5, 0.6) is 5.75 Å². The van der Waals surface area contributed by atoms with E-state index in [-0.39, 0.29) is 12.4 Å². The molecule has 2 aromatic heterocycles. The number of hydrogen-bond donors (Lipinski definition) is 0. The van der Waals surface area contributed by atoms with Gasteiger partial charge in [0.2, 0.25) is 5.78 Å². The third kappa shape index (κ3) is 3.94. The summed E-state index contributed by atoms with van der Waals surface area (Å²) < 4.78 is 17.5. The van der Waals surface area contributed by atoms with Gasteiger partial charge in [0.25, 0.3) is 0 Å². The lowest BCUT2D eigenvalue weighted by atomic mass is 10.1. The molecule has 0 atom stereocenters. The molecule has 0 aliphatic carbocycles. The molecule has 0 bridgehead atoms. The average molecular weight is 396 g/mol. The molecule has 152 valence electrons. The highest BCUT2D eigenvalue weighted by molar-refractivity contribution is 6.01. The zero-order valence-electron chi connectivity index (χ0n) is 17.2. The van der Waals surface area contributed by atoms with Crippen molar-refractivity contribution in [2.24, 2.45) is 0 Å². The normalized spacial score (nSPS) is 10.8. The number of Topliss-reactive ketones (excluding diaryl/α,β-unsaturated/α-hetero) is 1. The van der Waals surface area contributed by atoms with Gasteiger partial charge in [0.1, 0.15) is 17.1 Å². The first-order valence-electron chi connectivity index (χ1n) is 9.36. The molecule has 1 aromatic carbocycles. The average Bonchev–Trinajstić information content (AvgIpc) is 3.24. The number of aryl methyl sites for hydroxylation is 3. The van der Waals surface area contributed by atoms with Crippen LogP contribution in [0.15, 0.2) is 34.9 Å². The van der Waals surface area contributed by atoms with E-state index in [0.717, 1.165) is 22.8 Å². The topological polar surface area (TPSA) is 83.6 Å². The third-order valence-electron chi connectivity index (χ3n) is 4.87. The van der Waals surface area contributed by atoms with Crippen LogP contribution in [0.2, 0.25) is 0 Å². The quantitative estimate of drug-likeness (QED) is 0.443. The summed E-state index contributed by atoms with van der Waals surface area (Å²) >= 11 is 0. The molecule has 2 heterocycles. The first kappa shape index (κ1) is 20.4. The second-order valence-corrected chi connectivity index (χ2v) is 6.73. The van der Waals surface area contributed by atoms with E-state index < -0.39 is 5.97 Å². The Balaban J connectivity index is 1.78. The van der Waals surface area contributed by atoms with E-state index >= 15 is 0 Å². The maximum absolute atomic E-state index is 12.7. The van der Waals surface area contributed by atoms with Crippen LogP contribution < -0.4 is 4.74 Å². The maximum Gasteiger partial charge on any atom is 0.344 e. The van der Waals surface area contributed by atoms with Crippen LogP contribution in [-0.4, -0.2) is 35.2 Å². The number of methoxy groups -OCH3 is 1. The Bertz CT molecular complexity index is 1040. The molecular formula is C22H24N2O5. The minimum Gasteiger partial charge on any atom is -0.497 e. The molecule has 0 spiro atoms. The molecule has 0 radical (unpaired) electrons. The smallest absolute Gasteiger partial charge is 0.344 e. The van der Waals surface area contributed by atoms with Gasteiger partial charge in [-0.3, -0.25) is 4.79 Å². The van der Waals surface area contributed by atoms with Crippen molar-refractivity contribution in [3.8, 4) is 11.4 Å². The lowest BCUT2D eigenvalue weighted by molar-refractivity contribution is 0.0472. The number of ether oxygens (including phenoxy) is 2. The number of ketones is 1. The standard InChI is InChI=1S/C22H24N2O5/c1-6-19-21(15(4)29-23-19)22(26)28-12-20(25)18-11-13(2)24(14(18)3)16-7-9-17(27-5)10-8-16/h7-11H,6,12H2,1-5H3. The van der Waals surface area contributed by atoms with Crippen LogP contribution in [0.4, 0.5) is 0 Å². The van der Waals surface area contributed by atoms with E-state index in [1.807, 2.05) is 49.6 Å². The van der Waals surface area contributed by atoms with Gasteiger partial charge in [-0.15, -0.1) is 0 Å². The minimum atomic E-state index is -0.599. The fourth-order valence-corrected chi connectivity index (χ4v) is 3.38. The van der Waals surface area contributed by atoms with Gasteiger partial charge in [-0.2, -0.15) is 0 Å². The number of esters is 1. The van der Waals surface area contributed by atoms with Crippen molar-refractivity contribution in [3.05, 3.63) is 64.3 Å². The molecule has 0 saturated heterocycles. The van der Waals surface area contributed by atoms with Gasteiger partial charge in [-0.05, 0) is 57.5 Å². The third-order valence-corrected chi connectivity index (χ3v) is 4.87. The largest absolute Gasteiger partial charge is 0.497 e. The second kappa shape index (κ2) is 8.34. The Morgan fingerprint density at radius 1 is 1.14 bits per heavy atom. The van der Waals surface area contributed by atoms with Crippen molar-refractivity contribution < 1.29 is 23.6 Å². The highest BCUT2D eigenvalue weighted by Gasteiger charge is 2.23. The van der Waals surface area contributed by atoms with Crippen molar-refractivity contribution in [1.82, 2.24) is 9.72 Å². The fraction of sp³-hybridized carbons (Fsp3) is 0.318. The van der Waals surface area contributed by atoms with Crippen LogP contribution in [0, 0.1) is 20.8 Å². The summed E-state index contributed by atoms with van der Waals surface area (Å²) in [5.41, 5.74) is 3.95. The van der Waals surface area contributed by atoms with Gasteiger partial charge in [-0.25, -0.2) is 4.79 Å². The van der Waals surface area contributed by atoms with E-state index in [0.29, 0.717) is 29.0 Å². The van der Waals surface area contributed by atoms with Gasteiger partial charge in [0, 0.05) is 22.6 Å². The number of hydrogen-bond acceptors (Lipinski definition) is 6. The van der Waals surface area contributed by atoms with Crippen molar-refractivity contribution in [2.75, 3.05) is 13.7 Å². The summed E-state index contributed by atoms with van der Waals surface area (Å²) in [6.07, 6.45) is 0.540. The van der Waals surface area contributed by atoms with Crippen LogP contribution in [0.3, 0.4) is 0 Å².